The van der Waals surface area contributed by atoms with Gasteiger partial charge in [-0.05, 0) is 25.0 Å². The summed E-state index contributed by atoms with van der Waals surface area (Å²) in [5.41, 5.74) is 7.95. The van der Waals surface area contributed by atoms with Crippen LogP contribution in [0.15, 0.2) is 30.6 Å². The van der Waals surface area contributed by atoms with Crippen LogP contribution in [0, 0.1) is 6.92 Å². The van der Waals surface area contributed by atoms with Gasteiger partial charge in [-0.3, -0.25) is 9.88 Å². The molecule has 0 spiro atoms. The lowest BCUT2D eigenvalue weighted by atomic mass is 10.2. The monoisotopic (exact) mass is 298 g/mol. The van der Waals surface area contributed by atoms with E-state index in [-0.39, 0.29) is 0 Å². The first-order chi connectivity index (χ1) is 10.7. The van der Waals surface area contributed by atoms with Crippen LogP contribution in [-0.4, -0.2) is 52.6 Å². The maximum atomic E-state index is 5.74. The summed E-state index contributed by atoms with van der Waals surface area (Å²) in [5.74, 6) is 1.30. The van der Waals surface area contributed by atoms with Crippen LogP contribution in [0.3, 0.4) is 0 Å². The first-order valence-electron chi connectivity index (χ1n) is 7.68. The highest BCUT2D eigenvalue weighted by molar-refractivity contribution is 5.43. The van der Waals surface area contributed by atoms with Crippen LogP contribution in [0.1, 0.15) is 11.3 Å². The Kier molecular flexibility index (Phi) is 4.48. The summed E-state index contributed by atoms with van der Waals surface area (Å²) in [5, 5.41) is 0. The summed E-state index contributed by atoms with van der Waals surface area (Å²) < 4.78 is 0. The molecule has 6 nitrogen and oxygen atoms in total. The molecule has 0 amide bonds. The topological polar surface area (TPSA) is 71.2 Å². The van der Waals surface area contributed by atoms with Crippen LogP contribution >= 0.6 is 0 Å². The van der Waals surface area contributed by atoms with Gasteiger partial charge in [0.15, 0.2) is 0 Å². The minimum atomic E-state index is 0.356. The van der Waals surface area contributed by atoms with Gasteiger partial charge < -0.3 is 10.6 Å². The Labute approximate surface area is 131 Å². The Morgan fingerprint density at radius 1 is 1.18 bits per heavy atom. The molecule has 0 atom stereocenters. The molecule has 0 bridgehead atoms. The third-order valence-corrected chi connectivity index (χ3v) is 3.99. The van der Waals surface area contributed by atoms with Gasteiger partial charge in [0.05, 0.1) is 0 Å². The molecule has 116 valence electrons. The zero-order valence-corrected chi connectivity index (χ0v) is 12.9. The minimum absolute atomic E-state index is 0.356. The molecular weight excluding hydrogens is 276 g/mol. The van der Waals surface area contributed by atoms with Crippen molar-refractivity contribution >= 4 is 11.8 Å². The maximum Gasteiger partial charge on any atom is 0.222 e. The summed E-state index contributed by atoms with van der Waals surface area (Å²) in [6.45, 7) is 7.06. The molecule has 2 aromatic heterocycles. The Morgan fingerprint density at radius 3 is 2.68 bits per heavy atom. The smallest absolute Gasteiger partial charge is 0.222 e. The minimum Gasteiger partial charge on any atom is -0.368 e. The molecule has 2 aromatic rings. The third kappa shape index (κ3) is 3.71. The molecule has 2 N–H and O–H groups in total. The Hall–Kier alpha value is -2.21. The lowest BCUT2D eigenvalue weighted by Gasteiger charge is -2.35. The molecule has 0 saturated carbocycles. The Bertz CT molecular complexity index is 587. The van der Waals surface area contributed by atoms with E-state index in [0.29, 0.717) is 5.95 Å². The molecular formula is C16H22N6. The molecule has 0 radical (unpaired) electrons. The highest BCUT2D eigenvalue weighted by Gasteiger charge is 2.18. The standard InChI is InChI=1S/C16H22N6/c1-13-11-15(20-16(17)19-13)22-9-7-21(8-10-22)6-4-14-3-2-5-18-12-14/h2-3,5,11-12H,4,6-10H2,1H3,(H2,17,19,20). The number of nitrogens with zero attached hydrogens (tertiary/aromatic N) is 5. The fraction of sp³-hybridized carbons (Fsp3) is 0.438. The second-order valence-electron chi connectivity index (χ2n) is 5.67. The van der Waals surface area contributed by atoms with Gasteiger partial charge >= 0.3 is 0 Å². The molecule has 22 heavy (non-hydrogen) atoms. The van der Waals surface area contributed by atoms with E-state index in [1.54, 1.807) is 0 Å². The van der Waals surface area contributed by atoms with E-state index in [2.05, 4.69) is 30.8 Å². The fourth-order valence-corrected chi connectivity index (χ4v) is 2.77. The number of nitrogen functional groups attached to an aromatic ring is 1. The summed E-state index contributed by atoms with van der Waals surface area (Å²) in [6.07, 6.45) is 4.81. The number of pyridine rings is 1. The number of aryl methyl sites for hydroxylation is 1. The third-order valence-electron chi connectivity index (χ3n) is 3.99. The zero-order valence-electron chi connectivity index (χ0n) is 12.9. The van der Waals surface area contributed by atoms with Crippen LogP contribution in [0.2, 0.25) is 0 Å². The molecule has 3 rings (SSSR count). The van der Waals surface area contributed by atoms with E-state index < -0.39 is 0 Å². The predicted octanol–water partition coefficient (Wildman–Crippen LogP) is 1.13. The van der Waals surface area contributed by atoms with Crippen molar-refractivity contribution in [2.75, 3.05) is 43.4 Å². The molecule has 0 aliphatic carbocycles. The average Bonchev–Trinajstić information content (AvgIpc) is 2.53. The Balaban J connectivity index is 1.52. The van der Waals surface area contributed by atoms with Crippen molar-refractivity contribution in [2.45, 2.75) is 13.3 Å². The van der Waals surface area contributed by atoms with Crippen LogP contribution < -0.4 is 10.6 Å². The van der Waals surface area contributed by atoms with Crippen molar-refractivity contribution < 1.29 is 0 Å². The lowest BCUT2D eigenvalue weighted by Crippen LogP contribution is -2.47. The number of anilines is 2. The molecule has 1 saturated heterocycles. The van der Waals surface area contributed by atoms with E-state index in [1.165, 1.54) is 5.56 Å². The molecule has 0 unspecified atom stereocenters. The van der Waals surface area contributed by atoms with Crippen molar-refractivity contribution in [2.24, 2.45) is 0 Å². The van der Waals surface area contributed by atoms with Crippen LogP contribution in [0.5, 0.6) is 0 Å². The van der Waals surface area contributed by atoms with E-state index in [9.17, 15) is 0 Å². The molecule has 1 fully saturated rings. The van der Waals surface area contributed by atoms with Crippen LogP contribution in [0.4, 0.5) is 11.8 Å². The largest absolute Gasteiger partial charge is 0.368 e. The molecule has 1 aliphatic rings. The van der Waals surface area contributed by atoms with Crippen LogP contribution in [0.25, 0.3) is 0 Å². The number of nitrogens with two attached hydrogens (primary N) is 1. The number of hydrogen-bond donors (Lipinski definition) is 1. The van der Waals surface area contributed by atoms with E-state index in [4.69, 9.17) is 5.73 Å². The lowest BCUT2D eigenvalue weighted by molar-refractivity contribution is 0.260. The van der Waals surface area contributed by atoms with Crippen LogP contribution in [-0.2, 0) is 6.42 Å². The predicted molar refractivity (Wildman–Crippen MR) is 87.8 cm³/mol. The quantitative estimate of drug-likeness (QED) is 0.912. The maximum absolute atomic E-state index is 5.74. The van der Waals surface area contributed by atoms with Crippen molar-refractivity contribution in [1.29, 1.82) is 0 Å². The highest BCUT2D eigenvalue weighted by Crippen LogP contribution is 2.16. The number of hydrogen-bond acceptors (Lipinski definition) is 6. The van der Waals surface area contributed by atoms with Gasteiger partial charge in [0, 0.05) is 56.9 Å². The van der Waals surface area contributed by atoms with Gasteiger partial charge in [0.1, 0.15) is 5.82 Å². The fourth-order valence-electron chi connectivity index (χ4n) is 2.77. The van der Waals surface area contributed by atoms with Crippen molar-refractivity contribution in [1.82, 2.24) is 19.9 Å². The molecule has 6 heteroatoms. The van der Waals surface area contributed by atoms with Gasteiger partial charge in [0.25, 0.3) is 0 Å². The van der Waals surface area contributed by atoms with Crippen molar-refractivity contribution in [3.05, 3.63) is 41.9 Å². The zero-order chi connectivity index (χ0) is 15.4. The molecule has 3 heterocycles. The van der Waals surface area contributed by atoms with Gasteiger partial charge in [0.2, 0.25) is 5.95 Å². The number of aromatic nitrogens is 3. The average molecular weight is 298 g/mol. The first kappa shape index (κ1) is 14.7. The van der Waals surface area contributed by atoms with E-state index in [0.717, 1.165) is 50.7 Å². The molecule has 1 aliphatic heterocycles. The summed E-state index contributed by atoms with van der Waals surface area (Å²) in [7, 11) is 0. The van der Waals surface area contributed by atoms with Gasteiger partial charge in [-0.15, -0.1) is 0 Å². The van der Waals surface area contributed by atoms with Gasteiger partial charge in [-0.2, -0.15) is 4.98 Å². The Morgan fingerprint density at radius 2 is 2.00 bits per heavy atom. The van der Waals surface area contributed by atoms with Crippen molar-refractivity contribution in [3.8, 4) is 0 Å². The number of piperazine rings is 1. The highest BCUT2D eigenvalue weighted by atomic mass is 15.3. The van der Waals surface area contributed by atoms with E-state index in [1.807, 2.05) is 31.5 Å². The number of rotatable bonds is 4. The van der Waals surface area contributed by atoms with Crippen molar-refractivity contribution in [3.63, 3.8) is 0 Å². The van der Waals surface area contributed by atoms with E-state index >= 15 is 0 Å². The summed E-state index contributed by atoms with van der Waals surface area (Å²) in [4.78, 5) is 17.4. The normalized spacial score (nSPS) is 16.0. The van der Waals surface area contributed by atoms with Gasteiger partial charge in [-0.1, -0.05) is 6.07 Å². The summed E-state index contributed by atoms with van der Waals surface area (Å²) >= 11 is 0. The summed E-state index contributed by atoms with van der Waals surface area (Å²) in [6, 6.07) is 6.13. The molecule has 0 aromatic carbocycles. The van der Waals surface area contributed by atoms with Gasteiger partial charge in [-0.25, -0.2) is 4.98 Å². The first-order valence-corrected chi connectivity index (χ1v) is 7.68. The second kappa shape index (κ2) is 6.70. The second-order valence-corrected chi connectivity index (χ2v) is 5.67. The SMILES string of the molecule is Cc1cc(N2CCN(CCc3cccnc3)CC2)nc(N)n1.